The molecule has 3 heteroatoms. The molecule has 1 rings (SSSR count). The van der Waals surface area contributed by atoms with Crippen molar-refractivity contribution in [3.8, 4) is 6.07 Å². The molecule has 0 spiro atoms. The van der Waals surface area contributed by atoms with Gasteiger partial charge in [-0.3, -0.25) is 0 Å². The lowest BCUT2D eigenvalue weighted by atomic mass is 9.76. The van der Waals surface area contributed by atoms with Crippen molar-refractivity contribution in [2.24, 2.45) is 5.92 Å². The molecule has 0 N–H and O–H groups in total. The predicted octanol–water partition coefficient (Wildman–Crippen LogP) is 3.21. The molecule has 1 unspecified atom stereocenters. The van der Waals surface area contributed by atoms with E-state index in [1.165, 1.54) is 0 Å². The highest BCUT2D eigenvalue weighted by molar-refractivity contribution is 5.28. The zero-order valence-corrected chi connectivity index (χ0v) is 11.6. The molecule has 0 amide bonds. The van der Waals surface area contributed by atoms with Crippen LogP contribution in [0.25, 0.3) is 0 Å². The second-order valence-corrected chi connectivity index (χ2v) is 6.01. The molecule has 1 aromatic heterocycles. The number of nitriles is 1. The summed E-state index contributed by atoms with van der Waals surface area (Å²) < 4.78 is 0. The Labute approximate surface area is 104 Å². The van der Waals surface area contributed by atoms with Gasteiger partial charge in [0.15, 0.2) is 0 Å². The quantitative estimate of drug-likeness (QED) is 0.785. The minimum Gasteiger partial charge on any atom is -0.240 e. The lowest BCUT2D eigenvalue weighted by molar-refractivity contribution is 0.426. The summed E-state index contributed by atoms with van der Waals surface area (Å²) in [7, 11) is 0. The minimum atomic E-state index is -0.517. The van der Waals surface area contributed by atoms with Gasteiger partial charge in [-0.15, -0.1) is 0 Å². The van der Waals surface area contributed by atoms with Crippen LogP contribution in [0.2, 0.25) is 0 Å². The summed E-state index contributed by atoms with van der Waals surface area (Å²) in [5, 5.41) is 9.33. The Morgan fingerprint density at radius 3 is 1.88 bits per heavy atom. The molecule has 0 aliphatic rings. The average molecular weight is 231 g/mol. The maximum absolute atomic E-state index is 9.33. The van der Waals surface area contributed by atoms with E-state index in [0.29, 0.717) is 0 Å². The summed E-state index contributed by atoms with van der Waals surface area (Å²) in [6, 6.07) is 2.37. The zero-order valence-electron chi connectivity index (χ0n) is 11.6. The van der Waals surface area contributed by atoms with Crippen LogP contribution in [0, 0.1) is 17.2 Å². The van der Waals surface area contributed by atoms with Crippen molar-refractivity contribution in [3.63, 3.8) is 0 Å². The Bertz CT molecular complexity index is 420. The Hall–Kier alpha value is -1.43. The smallest absolute Gasteiger partial charge is 0.133 e. The van der Waals surface area contributed by atoms with Gasteiger partial charge in [0, 0.05) is 23.4 Å². The molecule has 0 saturated carbocycles. The van der Waals surface area contributed by atoms with Crippen LogP contribution in [0.1, 0.15) is 52.9 Å². The first-order chi connectivity index (χ1) is 7.71. The predicted molar refractivity (Wildman–Crippen MR) is 68.5 cm³/mol. The van der Waals surface area contributed by atoms with E-state index in [2.05, 4.69) is 36.8 Å². The lowest BCUT2D eigenvalue weighted by Crippen LogP contribution is -2.27. The van der Waals surface area contributed by atoms with Gasteiger partial charge in [-0.25, -0.2) is 9.97 Å². The van der Waals surface area contributed by atoms with E-state index in [1.807, 2.05) is 20.8 Å². The van der Waals surface area contributed by atoms with Gasteiger partial charge in [0.25, 0.3) is 0 Å². The summed E-state index contributed by atoms with van der Waals surface area (Å²) in [5.41, 5.74) is 0.318. The molecule has 17 heavy (non-hydrogen) atoms. The van der Waals surface area contributed by atoms with Gasteiger partial charge in [0.1, 0.15) is 5.82 Å². The first-order valence-electron chi connectivity index (χ1n) is 5.96. The van der Waals surface area contributed by atoms with Crippen molar-refractivity contribution in [2.75, 3.05) is 0 Å². The SMILES string of the molecule is CC(C)C(C)(C#N)c1cnc(C(C)(C)C)nc1. The number of hydrogen-bond donors (Lipinski definition) is 0. The fourth-order valence-corrected chi connectivity index (χ4v) is 1.51. The maximum atomic E-state index is 9.33. The van der Waals surface area contributed by atoms with Gasteiger partial charge >= 0.3 is 0 Å². The molecule has 0 radical (unpaired) electrons. The van der Waals surface area contributed by atoms with Crippen molar-refractivity contribution in [1.82, 2.24) is 9.97 Å². The third-order valence-electron chi connectivity index (χ3n) is 3.31. The number of aromatic nitrogens is 2. The molecule has 1 atom stereocenters. The maximum Gasteiger partial charge on any atom is 0.133 e. The van der Waals surface area contributed by atoms with Gasteiger partial charge in [0.2, 0.25) is 0 Å². The second-order valence-electron chi connectivity index (χ2n) is 6.01. The van der Waals surface area contributed by atoms with Crippen LogP contribution in [0.3, 0.4) is 0 Å². The normalized spacial score (nSPS) is 15.4. The molecule has 0 aliphatic heterocycles. The van der Waals surface area contributed by atoms with Gasteiger partial charge in [-0.05, 0) is 12.8 Å². The standard InChI is InChI=1S/C14H21N3/c1-10(2)14(6,9-15)11-7-16-12(17-8-11)13(3,4)5/h7-8,10H,1-6H3. The van der Waals surface area contributed by atoms with Crippen LogP contribution < -0.4 is 0 Å². The largest absolute Gasteiger partial charge is 0.240 e. The van der Waals surface area contributed by atoms with Crippen LogP contribution in [0.4, 0.5) is 0 Å². The molecule has 92 valence electrons. The Morgan fingerprint density at radius 2 is 1.59 bits per heavy atom. The minimum absolute atomic E-state index is 0.0561. The van der Waals surface area contributed by atoms with E-state index in [1.54, 1.807) is 12.4 Å². The van der Waals surface area contributed by atoms with Crippen LogP contribution in [-0.4, -0.2) is 9.97 Å². The average Bonchev–Trinajstić information content (AvgIpc) is 2.26. The van der Waals surface area contributed by atoms with E-state index in [0.717, 1.165) is 11.4 Å². The Kier molecular flexibility index (Phi) is 3.56. The van der Waals surface area contributed by atoms with E-state index >= 15 is 0 Å². The van der Waals surface area contributed by atoms with Crippen molar-refractivity contribution >= 4 is 0 Å². The third kappa shape index (κ3) is 2.63. The summed E-state index contributed by atoms with van der Waals surface area (Å²) in [6.07, 6.45) is 3.58. The van der Waals surface area contributed by atoms with E-state index in [9.17, 15) is 5.26 Å². The highest BCUT2D eigenvalue weighted by atomic mass is 14.9. The van der Waals surface area contributed by atoms with E-state index < -0.39 is 5.41 Å². The number of rotatable bonds is 2. The van der Waals surface area contributed by atoms with Crippen molar-refractivity contribution < 1.29 is 0 Å². The van der Waals surface area contributed by atoms with Gasteiger partial charge < -0.3 is 0 Å². The third-order valence-corrected chi connectivity index (χ3v) is 3.31. The van der Waals surface area contributed by atoms with Crippen molar-refractivity contribution in [1.29, 1.82) is 5.26 Å². The summed E-state index contributed by atoms with van der Waals surface area (Å²) in [4.78, 5) is 8.77. The van der Waals surface area contributed by atoms with Crippen LogP contribution in [0.15, 0.2) is 12.4 Å². The summed E-state index contributed by atoms with van der Waals surface area (Å²) in [5.74, 6) is 1.04. The molecule has 0 fully saturated rings. The van der Waals surface area contributed by atoms with Crippen molar-refractivity contribution in [2.45, 2.75) is 52.4 Å². The van der Waals surface area contributed by atoms with Crippen LogP contribution in [0.5, 0.6) is 0 Å². The first kappa shape index (κ1) is 13.6. The van der Waals surface area contributed by atoms with Gasteiger partial charge in [-0.1, -0.05) is 34.6 Å². The van der Waals surface area contributed by atoms with Crippen molar-refractivity contribution in [3.05, 3.63) is 23.8 Å². The number of nitrogens with zero attached hydrogens (tertiary/aromatic N) is 3. The molecule has 0 saturated heterocycles. The fourth-order valence-electron chi connectivity index (χ4n) is 1.51. The zero-order chi connectivity index (χ0) is 13.3. The topological polar surface area (TPSA) is 49.6 Å². The molecule has 0 bridgehead atoms. The molecule has 0 aliphatic carbocycles. The summed E-state index contributed by atoms with van der Waals surface area (Å²) in [6.45, 7) is 12.3. The van der Waals surface area contributed by atoms with E-state index in [4.69, 9.17) is 0 Å². The van der Waals surface area contributed by atoms with Crippen LogP contribution in [-0.2, 0) is 10.8 Å². The lowest BCUT2D eigenvalue weighted by Gasteiger charge is -2.26. The first-order valence-corrected chi connectivity index (χ1v) is 5.96. The highest BCUT2D eigenvalue weighted by Crippen LogP contribution is 2.30. The fraction of sp³-hybridized carbons (Fsp3) is 0.643. The van der Waals surface area contributed by atoms with Crippen LogP contribution >= 0.6 is 0 Å². The monoisotopic (exact) mass is 231 g/mol. The van der Waals surface area contributed by atoms with Gasteiger partial charge in [0.05, 0.1) is 11.5 Å². The highest BCUT2D eigenvalue weighted by Gasteiger charge is 2.31. The molecular formula is C14H21N3. The van der Waals surface area contributed by atoms with Gasteiger partial charge in [-0.2, -0.15) is 5.26 Å². The van der Waals surface area contributed by atoms with E-state index in [-0.39, 0.29) is 11.3 Å². The molecule has 1 heterocycles. The number of hydrogen-bond acceptors (Lipinski definition) is 3. The second kappa shape index (κ2) is 4.44. The molecular weight excluding hydrogens is 210 g/mol. The Balaban J connectivity index is 3.16. The molecule has 3 nitrogen and oxygen atoms in total. The molecule has 1 aromatic rings. The Morgan fingerprint density at radius 1 is 1.12 bits per heavy atom. The molecule has 0 aromatic carbocycles. The summed E-state index contributed by atoms with van der Waals surface area (Å²) >= 11 is 0.